The molecule has 3 heteroatoms. The van der Waals surface area contributed by atoms with Crippen LogP contribution in [0, 0.1) is 6.92 Å². The predicted molar refractivity (Wildman–Crippen MR) is 63.2 cm³/mol. The van der Waals surface area contributed by atoms with Gasteiger partial charge in [0.05, 0.1) is 5.54 Å². The molecule has 15 heavy (non-hydrogen) atoms. The zero-order chi connectivity index (χ0) is 11.6. The largest absolute Gasteiger partial charge is 0.347 e. The quantitative estimate of drug-likeness (QED) is 0.816. The minimum atomic E-state index is -0.137. The van der Waals surface area contributed by atoms with Gasteiger partial charge in [0.15, 0.2) is 5.43 Å². The molecule has 84 valence electrons. The third-order valence-electron chi connectivity index (χ3n) is 2.86. The zero-order valence-electron chi connectivity index (χ0n) is 10.0. The minimum absolute atomic E-state index is 0.137. The molecule has 1 heterocycles. The van der Waals surface area contributed by atoms with E-state index in [2.05, 4.69) is 13.8 Å². The first kappa shape index (κ1) is 12.0. The standard InChI is InChI=1S/C12H20N2O/c1-5-10-7-14(12(3,4)8-13)6-9(2)11(10)15/h6-7H,5,8,13H2,1-4H3. The van der Waals surface area contributed by atoms with E-state index in [0.29, 0.717) is 6.54 Å². The Hall–Kier alpha value is -1.09. The van der Waals surface area contributed by atoms with Gasteiger partial charge in [0.25, 0.3) is 0 Å². The summed E-state index contributed by atoms with van der Waals surface area (Å²) in [4.78, 5) is 11.7. The molecule has 0 bridgehead atoms. The topological polar surface area (TPSA) is 48.0 Å². The molecule has 1 rings (SSSR count). The Morgan fingerprint density at radius 1 is 1.40 bits per heavy atom. The van der Waals surface area contributed by atoms with Gasteiger partial charge in [-0.1, -0.05) is 6.92 Å². The molecule has 3 nitrogen and oxygen atoms in total. The molecular formula is C12H20N2O. The monoisotopic (exact) mass is 208 g/mol. The molecule has 1 aromatic rings. The lowest BCUT2D eigenvalue weighted by atomic mass is 10.0. The summed E-state index contributed by atoms with van der Waals surface area (Å²) in [7, 11) is 0. The molecule has 0 amide bonds. The summed E-state index contributed by atoms with van der Waals surface area (Å²) >= 11 is 0. The molecule has 0 saturated heterocycles. The van der Waals surface area contributed by atoms with Crippen molar-refractivity contribution in [3.63, 3.8) is 0 Å². The maximum atomic E-state index is 11.7. The van der Waals surface area contributed by atoms with Crippen LogP contribution >= 0.6 is 0 Å². The normalized spacial score (nSPS) is 11.8. The first-order chi connectivity index (χ1) is 6.92. The molecule has 0 aliphatic carbocycles. The predicted octanol–water partition coefficient (Wildman–Crippen LogP) is 1.41. The highest BCUT2D eigenvalue weighted by atomic mass is 16.1. The van der Waals surface area contributed by atoms with Crippen molar-refractivity contribution in [2.75, 3.05) is 6.54 Å². The average Bonchev–Trinajstić information content (AvgIpc) is 2.21. The van der Waals surface area contributed by atoms with Gasteiger partial charge in [-0.15, -0.1) is 0 Å². The SMILES string of the molecule is CCc1cn(C(C)(C)CN)cc(C)c1=O. The molecule has 0 aromatic carbocycles. The van der Waals surface area contributed by atoms with Crippen molar-refractivity contribution in [3.05, 3.63) is 33.7 Å². The Labute approximate surface area is 90.9 Å². The number of pyridine rings is 1. The molecular weight excluding hydrogens is 188 g/mol. The number of hydrogen-bond donors (Lipinski definition) is 1. The van der Waals surface area contributed by atoms with Crippen LogP contribution in [0.4, 0.5) is 0 Å². The van der Waals surface area contributed by atoms with Crippen LogP contribution in [0.5, 0.6) is 0 Å². The molecule has 0 fully saturated rings. The summed E-state index contributed by atoms with van der Waals surface area (Å²) in [6.07, 6.45) is 4.57. The maximum Gasteiger partial charge on any atom is 0.187 e. The van der Waals surface area contributed by atoms with Crippen molar-refractivity contribution in [2.24, 2.45) is 5.73 Å². The fraction of sp³-hybridized carbons (Fsp3) is 0.583. The molecule has 0 saturated carbocycles. The number of hydrogen-bond acceptors (Lipinski definition) is 2. The van der Waals surface area contributed by atoms with Crippen molar-refractivity contribution in [1.82, 2.24) is 4.57 Å². The Morgan fingerprint density at radius 3 is 2.47 bits per heavy atom. The maximum absolute atomic E-state index is 11.7. The van der Waals surface area contributed by atoms with E-state index in [0.717, 1.165) is 17.5 Å². The Bertz CT molecular complexity index is 405. The smallest absolute Gasteiger partial charge is 0.187 e. The van der Waals surface area contributed by atoms with Crippen LogP contribution in [-0.4, -0.2) is 11.1 Å². The number of aryl methyl sites for hydroxylation is 2. The summed E-state index contributed by atoms with van der Waals surface area (Å²) in [5.74, 6) is 0. The first-order valence-corrected chi connectivity index (χ1v) is 5.34. The van der Waals surface area contributed by atoms with Crippen LogP contribution in [0.1, 0.15) is 31.9 Å². The number of rotatable bonds is 3. The van der Waals surface area contributed by atoms with E-state index in [1.807, 2.05) is 30.8 Å². The van der Waals surface area contributed by atoms with E-state index in [-0.39, 0.29) is 11.0 Å². The van der Waals surface area contributed by atoms with Gasteiger partial charge in [-0.25, -0.2) is 0 Å². The van der Waals surface area contributed by atoms with Crippen LogP contribution in [0.15, 0.2) is 17.2 Å². The third-order valence-corrected chi connectivity index (χ3v) is 2.86. The third kappa shape index (κ3) is 2.29. The fourth-order valence-electron chi connectivity index (χ4n) is 1.49. The van der Waals surface area contributed by atoms with Gasteiger partial charge in [-0.05, 0) is 27.2 Å². The molecule has 0 unspecified atom stereocenters. The number of nitrogens with zero attached hydrogens (tertiary/aromatic N) is 1. The minimum Gasteiger partial charge on any atom is -0.347 e. The van der Waals surface area contributed by atoms with Crippen LogP contribution in [0.3, 0.4) is 0 Å². The summed E-state index contributed by atoms with van der Waals surface area (Å²) in [6, 6.07) is 0. The summed E-state index contributed by atoms with van der Waals surface area (Å²) in [5, 5.41) is 0. The van der Waals surface area contributed by atoms with Crippen molar-refractivity contribution in [1.29, 1.82) is 0 Å². The average molecular weight is 208 g/mol. The molecule has 0 radical (unpaired) electrons. The van der Waals surface area contributed by atoms with E-state index < -0.39 is 0 Å². The van der Waals surface area contributed by atoms with Gasteiger partial charge < -0.3 is 10.3 Å². The van der Waals surface area contributed by atoms with Gasteiger partial charge in [0.1, 0.15) is 0 Å². The van der Waals surface area contributed by atoms with Crippen molar-refractivity contribution in [2.45, 2.75) is 39.7 Å². The van der Waals surface area contributed by atoms with Crippen LogP contribution in [-0.2, 0) is 12.0 Å². The fourth-order valence-corrected chi connectivity index (χ4v) is 1.49. The number of nitrogens with two attached hydrogens (primary N) is 1. The molecule has 0 aliphatic rings. The summed E-state index contributed by atoms with van der Waals surface area (Å²) in [5.41, 5.74) is 7.38. The molecule has 0 spiro atoms. The van der Waals surface area contributed by atoms with E-state index in [1.165, 1.54) is 0 Å². The highest BCUT2D eigenvalue weighted by Gasteiger charge is 2.17. The second-order valence-corrected chi connectivity index (χ2v) is 4.57. The molecule has 0 atom stereocenters. The molecule has 2 N–H and O–H groups in total. The van der Waals surface area contributed by atoms with Crippen molar-refractivity contribution in [3.8, 4) is 0 Å². The van der Waals surface area contributed by atoms with E-state index >= 15 is 0 Å². The van der Waals surface area contributed by atoms with Gasteiger partial charge >= 0.3 is 0 Å². The Kier molecular flexibility index (Phi) is 3.35. The second-order valence-electron chi connectivity index (χ2n) is 4.57. The second kappa shape index (κ2) is 4.19. The lowest BCUT2D eigenvalue weighted by Gasteiger charge is -2.27. The van der Waals surface area contributed by atoms with Crippen LogP contribution in [0.2, 0.25) is 0 Å². The number of aromatic nitrogens is 1. The van der Waals surface area contributed by atoms with E-state index in [4.69, 9.17) is 5.73 Å². The van der Waals surface area contributed by atoms with Gasteiger partial charge in [-0.2, -0.15) is 0 Å². The van der Waals surface area contributed by atoms with Gasteiger partial charge in [0.2, 0.25) is 0 Å². The highest BCUT2D eigenvalue weighted by molar-refractivity contribution is 5.19. The van der Waals surface area contributed by atoms with Crippen molar-refractivity contribution < 1.29 is 0 Å². The summed E-state index contributed by atoms with van der Waals surface area (Å²) < 4.78 is 2.04. The van der Waals surface area contributed by atoms with Crippen LogP contribution in [0.25, 0.3) is 0 Å². The molecule has 0 aliphatic heterocycles. The molecule has 1 aromatic heterocycles. The van der Waals surface area contributed by atoms with Crippen LogP contribution < -0.4 is 11.2 Å². The summed E-state index contributed by atoms with van der Waals surface area (Å²) in [6.45, 7) is 8.53. The van der Waals surface area contributed by atoms with Gasteiger partial charge in [0, 0.05) is 30.1 Å². The Morgan fingerprint density at radius 2 is 2.00 bits per heavy atom. The van der Waals surface area contributed by atoms with Crippen molar-refractivity contribution >= 4 is 0 Å². The van der Waals surface area contributed by atoms with E-state index in [1.54, 1.807) is 0 Å². The Balaban J connectivity index is 3.35. The van der Waals surface area contributed by atoms with E-state index in [9.17, 15) is 4.79 Å². The highest BCUT2D eigenvalue weighted by Crippen LogP contribution is 2.13. The lowest BCUT2D eigenvalue weighted by Crippen LogP contribution is -2.36. The lowest BCUT2D eigenvalue weighted by molar-refractivity contribution is 0.362. The zero-order valence-corrected chi connectivity index (χ0v) is 10.0. The first-order valence-electron chi connectivity index (χ1n) is 5.34. The van der Waals surface area contributed by atoms with Gasteiger partial charge in [-0.3, -0.25) is 4.79 Å².